The van der Waals surface area contributed by atoms with Crippen molar-refractivity contribution in [1.82, 2.24) is 4.98 Å². The largest absolute Gasteiger partial charge is 0.497 e. The number of carbonyl (C=O) groups excluding carboxylic acids is 1. The highest BCUT2D eigenvalue weighted by Gasteiger charge is 2.15. The number of nitrogens with one attached hydrogen (secondary N) is 1. The molecule has 0 radical (unpaired) electrons. The quantitative estimate of drug-likeness (QED) is 0.758. The average Bonchev–Trinajstić information content (AvgIpc) is 2.62. The molecule has 0 unspecified atom stereocenters. The van der Waals surface area contributed by atoms with E-state index in [-0.39, 0.29) is 5.91 Å². The van der Waals surface area contributed by atoms with E-state index in [1.54, 1.807) is 31.4 Å². The van der Waals surface area contributed by atoms with Gasteiger partial charge in [0.1, 0.15) is 11.5 Å². The fraction of sp³-hybridized carbons (Fsp3) is 0.200. The minimum absolute atomic E-state index is 0.212. The van der Waals surface area contributed by atoms with Gasteiger partial charge in [-0.1, -0.05) is 18.2 Å². The number of rotatable bonds is 5. The first-order valence-electron chi connectivity index (χ1n) is 8.11. The van der Waals surface area contributed by atoms with Crippen LogP contribution in [0.25, 0.3) is 10.9 Å². The van der Waals surface area contributed by atoms with Crippen LogP contribution < -0.4 is 14.8 Å². The summed E-state index contributed by atoms with van der Waals surface area (Å²) < 4.78 is 10.8. The van der Waals surface area contributed by atoms with Crippen LogP contribution in [0.15, 0.2) is 48.5 Å². The standard InChI is InChI=1S/C20H20N2O3/c1-4-25-19-10-9-14(24-3)12-18(19)22-20(23)16-11-13(2)21-17-8-6-5-7-15(16)17/h5-12H,4H2,1-3H3,(H,22,23). The summed E-state index contributed by atoms with van der Waals surface area (Å²) in [6.07, 6.45) is 0. The molecular weight excluding hydrogens is 316 g/mol. The molecular formula is C20H20N2O3. The summed E-state index contributed by atoms with van der Waals surface area (Å²) in [7, 11) is 1.58. The Morgan fingerprint density at radius 3 is 2.72 bits per heavy atom. The Hall–Kier alpha value is -3.08. The second kappa shape index (κ2) is 7.21. The second-order valence-electron chi connectivity index (χ2n) is 5.58. The fourth-order valence-corrected chi connectivity index (χ4v) is 2.70. The average molecular weight is 336 g/mol. The molecule has 1 amide bonds. The number of fused-ring (bicyclic) bond motifs is 1. The molecule has 0 saturated heterocycles. The maximum Gasteiger partial charge on any atom is 0.256 e. The molecule has 5 heteroatoms. The van der Waals surface area contributed by atoms with Gasteiger partial charge in [-0.25, -0.2) is 0 Å². The van der Waals surface area contributed by atoms with Crippen molar-refractivity contribution in [2.45, 2.75) is 13.8 Å². The minimum Gasteiger partial charge on any atom is -0.497 e. The number of aryl methyl sites for hydroxylation is 1. The van der Waals surface area contributed by atoms with Crippen LogP contribution in [0.2, 0.25) is 0 Å². The zero-order valence-corrected chi connectivity index (χ0v) is 14.5. The first-order valence-corrected chi connectivity index (χ1v) is 8.11. The van der Waals surface area contributed by atoms with Crippen LogP contribution in [0.1, 0.15) is 23.0 Å². The van der Waals surface area contributed by atoms with E-state index in [2.05, 4.69) is 10.3 Å². The third-order valence-electron chi connectivity index (χ3n) is 3.82. The Morgan fingerprint density at radius 1 is 1.16 bits per heavy atom. The van der Waals surface area contributed by atoms with E-state index in [0.717, 1.165) is 16.6 Å². The molecule has 128 valence electrons. The van der Waals surface area contributed by atoms with E-state index in [9.17, 15) is 4.79 Å². The Labute approximate surface area is 146 Å². The van der Waals surface area contributed by atoms with E-state index in [1.807, 2.05) is 38.1 Å². The molecule has 0 saturated carbocycles. The number of nitrogens with zero attached hydrogens (tertiary/aromatic N) is 1. The number of hydrogen-bond donors (Lipinski definition) is 1. The maximum atomic E-state index is 12.9. The molecule has 0 spiro atoms. The fourth-order valence-electron chi connectivity index (χ4n) is 2.70. The number of carbonyl (C=O) groups is 1. The second-order valence-corrected chi connectivity index (χ2v) is 5.58. The highest BCUT2D eigenvalue weighted by Crippen LogP contribution is 2.30. The predicted octanol–water partition coefficient (Wildman–Crippen LogP) is 4.20. The SMILES string of the molecule is CCOc1ccc(OC)cc1NC(=O)c1cc(C)nc2ccccc12. The molecule has 25 heavy (non-hydrogen) atoms. The molecule has 3 aromatic rings. The van der Waals surface area contributed by atoms with Crippen LogP contribution in [-0.4, -0.2) is 24.6 Å². The van der Waals surface area contributed by atoms with Gasteiger partial charge >= 0.3 is 0 Å². The Bertz CT molecular complexity index is 922. The highest BCUT2D eigenvalue weighted by atomic mass is 16.5. The summed E-state index contributed by atoms with van der Waals surface area (Å²) in [5, 5.41) is 3.75. The number of benzene rings is 2. The van der Waals surface area contributed by atoms with Gasteiger partial charge in [0, 0.05) is 17.1 Å². The van der Waals surface area contributed by atoms with Gasteiger partial charge in [0.25, 0.3) is 5.91 Å². The van der Waals surface area contributed by atoms with Crippen molar-refractivity contribution in [3.63, 3.8) is 0 Å². The number of anilines is 1. The summed E-state index contributed by atoms with van der Waals surface area (Å²) in [6.45, 7) is 4.28. The molecule has 0 bridgehead atoms. The van der Waals surface area contributed by atoms with Crippen molar-refractivity contribution in [2.75, 3.05) is 19.0 Å². The maximum absolute atomic E-state index is 12.9. The van der Waals surface area contributed by atoms with Gasteiger partial charge in [0.15, 0.2) is 0 Å². The van der Waals surface area contributed by atoms with Crippen LogP contribution in [0.5, 0.6) is 11.5 Å². The van der Waals surface area contributed by atoms with Gasteiger partial charge in [-0.05, 0) is 38.1 Å². The van der Waals surface area contributed by atoms with Crippen molar-refractivity contribution < 1.29 is 14.3 Å². The van der Waals surface area contributed by atoms with Gasteiger partial charge in [-0.3, -0.25) is 9.78 Å². The van der Waals surface area contributed by atoms with E-state index in [0.29, 0.717) is 29.4 Å². The molecule has 0 atom stereocenters. The first kappa shape index (κ1) is 16.8. The van der Waals surface area contributed by atoms with Crippen LogP contribution in [0.3, 0.4) is 0 Å². The topological polar surface area (TPSA) is 60.5 Å². The van der Waals surface area contributed by atoms with Crippen molar-refractivity contribution in [3.05, 3.63) is 59.8 Å². The molecule has 5 nitrogen and oxygen atoms in total. The molecule has 1 heterocycles. The van der Waals surface area contributed by atoms with Crippen molar-refractivity contribution in [3.8, 4) is 11.5 Å². The van der Waals surface area contributed by atoms with Crippen LogP contribution >= 0.6 is 0 Å². The van der Waals surface area contributed by atoms with Crippen LogP contribution in [-0.2, 0) is 0 Å². The lowest BCUT2D eigenvalue weighted by Gasteiger charge is -2.14. The smallest absolute Gasteiger partial charge is 0.256 e. The molecule has 3 rings (SSSR count). The lowest BCUT2D eigenvalue weighted by atomic mass is 10.1. The van der Waals surface area contributed by atoms with Gasteiger partial charge in [-0.15, -0.1) is 0 Å². The predicted molar refractivity (Wildman–Crippen MR) is 98.6 cm³/mol. The van der Waals surface area contributed by atoms with Crippen LogP contribution in [0, 0.1) is 6.92 Å². The zero-order valence-electron chi connectivity index (χ0n) is 14.5. The summed E-state index contributed by atoms with van der Waals surface area (Å²) >= 11 is 0. The number of ether oxygens (including phenoxy) is 2. The number of amides is 1. The van der Waals surface area contributed by atoms with Gasteiger partial charge in [0.2, 0.25) is 0 Å². The summed E-state index contributed by atoms with van der Waals surface area (Å²) in [5.74, 6) is 1.04. The summed E-state index contributed by atoms with van der Waals surface area (Å²) in [6, 6.07) is 14.7. The van der Waals surface area contributed by atoms with Crippen molar-refractivity contribution in [2.24, 2.45) is 0 Å². The first-order chi connectivity index (χ1) is 12.1. The van der Waals surface area contributed by atoms with E-state index in [4.69, 9.17) is 9.47 Å². The number of para-hydroxylation sites is 1. The third kappa shape index (κ3) is 3.55. The zero-order chi connectivity index (χ0) is 17.8. The molecule has 2 aromatic carbocycles. The Kier molecular flexibility index (Phi) is 4.84. The lowest BCUT2D eigenvalue weighted by Crippen LogP contribution is -2.14. The van der Waals surface area contributed by atoms with E-state index in [1.165, 1.54) is 0 Å². The van der Waals surface area contributed by atoms with E-state index < -0.39 is 0 Å². The van der Waals surface area contributed by atoms with Crippen LogP contribution in [0.4, 0.5) is 5.69 Å². The normalized spacial score (nSPS) is 10.5. The Balaban J connectivity index is 2.00. The Morgan fingerprint density at radius 2 is 1.96 bits per heavy atom. The lowest BCUT2D eigenvalue weighted by molar-refractivity contribution is 0.102. The van der Waals surface area contributed by atoms with Crippen molar-refractivity contribution >= 4 is 22.5 Å². The summed E-state index contributed by atoms with van der Waals surface area (Å²) in [5.41, 5.74) is 2.74. The minimum atomic E-state index is -0.212. The van der Waals surface area contributed by atoms with Gasteiger partial charge < -0.3 is 14.8 Å². The number of pyridine rings is 1. The number of hydrogen-bond acceptors (Lipinski definition) is 4. The van der Waals surface area contributed by atoms with Gasteiger partial charge in [0.05, 0.1) is 30.5 Å². The van der Waals surface area contributed by atoms with Crippen molar-refractivity contribution in [1.29, 1.82) is 0 Å². The molecule has 0 fully saturated rings. The molecule has 0 aliphatic rings. The number of methoxy groups -OCH3 is 1. The van der Waals surface area contributed by atoms with E-state index >= 15 is 0 Å². The third-order valence-corrected chi connectivity index (χ3v) is 3.82. The highest BCUT2D eigenvalue weighted by molar-refractivity contribution is 6.12. The monoisotopic (exact) mass is 336 g/mol. The summed E-state index contributed by atoms with van der Waals surface area (Å²) in [4.78, 5) is 17.4. The molecule has 0 aliphatic carbocycles. The number of aromatic nitrogens is 1. The molecule has 1 aromatic heterocycles. The van der Waals surface area contributed by atoms with Gasteiger partial charge in [-0.2, -0.15) is 0 Å². The molecule has 1 N–H and O–H groups in total. The molecule has 0 aliphatic heterocycles.